The maximum absolute atomic E-state index is 13.3. The Morgan fingerprint density at radius 1 is 0.848 bits per heavy atom. The van der Waals surface area contributed by atoms with Gasteiger partial charge in [-0.15, -0.1) is 0 Å². The minimum absolute atomic E-state index is 0.287. The third-order valence-corrected chi connectivity index (χ3v) is 5.57. The molecule has 0 aromatic heterocycles. The van der Waals surface area contributed by atoms with E-state index in [1.807, 2.05) is 55.5 Å². The average molecular weight is 451 g/mol. The standard InChI is InChI=1S/C27H34N2O4/c1-4-7-18-32-19-8-17-29-26(30)24(21-11-15-23(16-12-21)33-6-3)25(27(29)31)28-22-13-9-20(5-2)10-14-22/h9-16,28H,4-8,17-19H2,1-3H3. The first-order valence-electron chi connectivity index (χ1n) is 11.9. The lowest BCUT2D eigenvalue weighted by Crippen LogP contribution is -2.34. The molecule has 1 N–H and O–H groups in total. The Morgan fingerprint density at radius 3 is 2.18 bits per heavy atom. The predicted molar refractivity (Wildman–Crippen MR) is 131 cm³/mol. The van der Waals surface area contributed by atoms with Crippen LogP contribution in [0.1, 0.15) is 51.2 Å². The second-order valence-electron chi connectivity index (χ2n) is 7.96. The summed E-state index contributed by atoms with van der Waals surface area (Å²) in [5, 5.41) is 3.21. The highest BCUT2D eigenvalue weighted by Gasteiger charge is 2.38. The molecule has 2 amide bonds. The van der Waals surface area contributed by atoms with Gasteiger partial charge in [-0.05, 0) is 61.6 Å². The van der Waals surface area contributed by atoms with Gasteiger partial charge in [-0.1, -0.05) is 44.5 Å². The van der Waals surface area contributed by atoms with Crippen LogP contribution < -0.4 is 10.1 Å². The number of benzene rings is 2. The Morgan fingerprint density at radius 2 is 1.55 bits per heavy atom. The Labute approximate surface area is 196 Å². The van der Waals surface area contributed by atoms with Gasteiger partial charge in [0.15, 0.2) is 0 Å². The van der Waals surface area contributed by atoms with E-state index < -0.39 is 0 Å². The van der Waals surface area contributed by atoms with Crippen molar-refractivity contribution >= 4 is 23.1 Å². The maximum Gasteiger partial charge on any atom is 0.278 e. The molecule has 176 valence electrons. The molecule has 2 aromatic carbocycles. The number of aryl methyl sites for hydroxylation is 1. The van der Waals surface area contributed by atoms with Crippen molar-refractivity contribution in [1.82, 2.24) is 4.90 Å². The van der Waals surface area contributed by atoms with Crippen LogP contribution in [0.2, 0.25) is 0 Å². The van der Waals surface area contributed by atoms with Crippen molar-refractivity contribution in [3.63, 3.8) is 0 Å². The van der Waals surface area contributed by atoms with E-state index in [2.05, 4.69) is 19.2 Å². The number of nitrogens with zero attached hydrogens (tertiary/aromatic N) is 1. The first-order chi connectivity index (χ1) is 16.1. The third kappa shape index (κ3) is 6.23. The van der Waals surface area contributed by atoms with Crippen molar-refractivity contribution < 1.29 is 19.1 Å². The molecule has 1 aliphatic rings. The van der Waals surface area contributed by atoms with E-state index in [-0.39, 0.29) is 11.8 Å². The fourth-order valence-electron chi connectivity index (χ4n) is 3.69. The molecular formula is C27H34N2O4. The van der Waals surface area contributed by atoms with Gasteiger partial charge in [0.2, 0.25) is 0 Å². The summed E-state index contributed by atoms with van der Waals surface area (Å²) in [5.74, 6) is 0.131. The summed E-state index contributed by atoms with van der Waals surface area (Å²) in [5.41, 5.74) is 3.36. The lowest BCUT2D eigenvalue weighted by Gasteiger charge is -2.15. The fourth-order valence-corrected chi connectivity index (χ4v) is 3.69. The van der Waals surface area contributed by atoms with E-state index in [9.17, 15) is 9.59 Å². The summed E-state index contributed by atoms with van der Waals surface area (Å²) in [7, 11) is 0. The maximum atomic E-state index is 13.3. The van der Waals surface area contributed by atoms with E-state index in [0.717, 1.165) is 30.7 Å². The number of nitrogens with one attached hydrogen (secondary N) is 1. The van der Waals surface area contributed by atoms with Gasteiger partial charge in [0.25, 0.3) is 11.8 Å². The van der Waals surface area contributed by atoms with Crippen molar-refractivity contribution in [3.8, 4) is 5.75 Å². The molecule has 1 aliphatic heterocycles. The average Bonchev–Trinajstić information content (AvgIpc) is 3.06. The highest BCUT2D eigenvalue weighted by atomic mass is 16.5. The molecule has 0 spiro atoms. The zero-order valence-corrected chi connectivity index (χ0v) is 19.9. The second kappa shape index (κ2) is 12.2. The molecule has 0 fully saturated rings. The third-order valence-electron chi connectivity index (χ3n) is 5.57. The minimum Gasteiger partial charge on any atom is -0.494 e. The number of unbranched alkanes of at least 4 members (excludes halogenated alkanes) is 1. The Kier molecular flexibility index (Phi) is 9.07. The minimum atomic E-state index is -0.308. The van der Waals surface area contributed by atoms with Crippen molar-refractivity contribution in [2.45, 2.75) is 46.5 Å². The summed E-state index contributed by atoms with van der Waals surface area (Å²) in [6, 6.07) is 15.2. The molecule has 0 aliphatic carbocycles. The van der Waals surface area contributed by atoms with Crippen LogP contribution >= 0.6 is 0 Å². The first-order valence-corrected chi connectivity index (χ1v) is 11.9. The highest BCUT2D eigenvalue weighted by Crippen LogP contribution is 2.31. The molecule has 33 heavy (non-hydrogen) atoms. The van der Waals surface area contributed by atoms with Gasteiger partial charge in [-0.25, -0.2) is 0 Å². The topological polar surface area (TPSA) is 67.9 Å². The number of anilines is 1. The van der Waals surface area contributed by atoms with E-state index >= 15 is 0 Å². The summed E-state index contributed by atoms with van der Waals surface area (Å²) < 4.78 is 11.1. The van der Waals surface area contributed by atoms with Crippen LogP contribution in [0, 0.1) is 0 Å². The Hall–Kier alpha value is -3.12. The van der Waals surface area contributed by atoms with E-state index in [0.29, 0.717) is 49.6 Å². The molecule has 0 radical (unpaired) electrons. The quantitative estimate of drug-likeness (QED) is 0.342. The molecule has 6 nitrogen and oxygen atoms in total. The summed E-state index contributed by atoms with van der Waals surface area (Å²) in [4.78, 5) is 27.9. The van der Waals surface area contributed by atoms with Gasteiger partial charge >= 0.3 is 0 Å². The van der Waals surface area contributed by atoms with E-state index in [1.165, 1.54) is 10.5 Å². The van der Waals surface area contributed by atoms with Crippen LogP contribution in [0.4, 0.5) is 5.69 Å². The number of ether oxygens (including phenoxy) is 2. The van der Waals surface area contributed by atoms with Gasteiger partial charge in [0.05, 0.1) is 12.2 Å². The number of carbonyl (C=O) groups is 2. The van der Waals surface area contributed by atoms with Gasteiger partial charge in [-0.3, -0.25) is 14.5 Å². The van der Waals surface area contributed by atoms with E-state index in [4.69, 9.17) is 9.47 Å². The lowest BCUT2D eigenvalue weighted by molar-refractivity contribution is -0.137. The van der Waals surface area contributed by atoms with Crippen molar-refractivity contribution in [3.05, 3.63) is 65.4 Å². The van der Waals surface area contributed by atoms with Crippen LogP contribution in [0.3, 0.4) is 0 Å². The number of rotatable bonds is 13. The smallest absolute Gasteiger partial charge is 0.278 e. The zero-order valence-electron chi connectivity index (χ0n) is 19.9. The SMILES string of the molecule is CCCCOCCCN1C(=O)C(Nc2ccc(CC)cc2)=C(c2ccc(OCC)cc2)C1=O. The molecule has 6 heteroatoms. The molecule has 0 atom stereocenters. The van der Waals surface area contributed by atoms with Crippen LogP contribution in [-0.2, 0) is 20.7 Å². The van der Waals surface area contributed by atoms with Crippen LogP contribution in [0.5, 0.6) is 5.75 Å². The zero-order chi connectivity index (χ0) is 23.6. The van der Waals surface area contributed by atoms with Crippen LogP contribution in [0.25, 0.3) is 5.57 Å². The van der Waals surface area contributed by atoms with Crippen LogP contribution in [0.15, 0.2) is 54.2 Å². The number of imide groups is 1. The number of hydrogen-bond acceptors (Lipinski definition) is 5. The number of carbonyl (C=O) groups excluding carboxylic acids is 2. The van der Waals surface area contributed by atoms with Gasteiger partial charge < -0.3 is 14.8 Å². The monoisotopic (exact) mass is 450 g/mol. The van der Waals surface area contributed by atoms with Crippen molar-refractivity contribution in [2.24, 2.45) is 0 Å². The summed E-state index contributed by atoms with van der Waals surface area (Å²) >= 11 is 0. The van der Waals surface area contributed by atoms with Gasteiger partial charge in [0, 0.05) is 25.4 Å². The molecule has 0 saturated carbocycles. The van der Waals surface area contributed by atoms with Crippen molar-refractivity contribution in [2.75, 3.05) is 31.7 Å². The predicted octanol–water partition coefficient (Wildman–Crippen LogP) is 5.05. The highest BCUT2D eigenvalue weighted by molar-refractivity contribution is 6.36. The Balaban J connectivity index is 1.82. The molecular weight excluding hydrogens is 416 g/mol. The first kappa shape index (κ1) is 24.5. The molecule has 3 rings (SSSR count). The normalized spacial score (nSPS) is 13.7. The van der Waals surface area contributed by atoms with Crippen LogP contribution in [-0.4, -0.2) is 43.1 Å². The van der Waals surface area contributed by atoms with E-state index in [1.54, 1.807) is 0 Å². The second-order valence-corrected chi connectivity index (χ2v) is 7.96. The van der Waals surface area contributed by atoms with Crippen molar-refractivity contribution in [1.29, 1.82) is 0 Å². The lowest BCUT2D eigenvalue weighted by atomic mass is 10.0. The largest absolute Gasteiger partial charge is 0.494 e. The fraction of sp³-hybridized carbons (Fsp3) is 0.407. The molecule has 0 bridgehead atoms. The number of amides is 2. The van der Waals surface area contributed by atoms with Gasteiger partial charge in [0.1, 0.15) is 11.4 Å². The Bertz CT molecular complexity index is 965. The molecule has 0 saturated heterocycles. The molecule has 1 heterocycles. The number of hydrogen-bond donors (Lipinski definition) is 1. The summed E-state index contributed by atoms with van der Waals surface area (Å²) in [6.45, 7) is 8.25. The molecule has 0 unspecified atom stereocenters. The summed E-state index contributed by atoms with van der Waals surface area (Å²) in [6.07, 6.45) is 3.63. The van der Waals surface area contributed by atoms with Gasteiger partial charge in [-0.2, -0.15) is 0 Å². The molecule has 2 aromatic rings.